The van der Waals surface area contributed by atoms with Gasteiger partial charge in [-0.25, -0.2) is 0 Å². The minimum atomic E-state index is -1.60. The Balaban J connectivity index is 1.22. The lowest BCUT2D eigenvalue weighted by atomic mass is 10.0. The van der Waals surface area contributed by atoms with E-state index in [1.165, 1.54) is 70.4 Å². The summed E-state index contributed by atoms with van der Waals surface area (Å²) in [5.41, 5.74) is 6.04. The van der Waals surface area contributed by atoms with Gasteiger partial charge >= 0.3 is 0 Å². The molecule has 0 saturated carbocycles. The van der Waals surface area contributed by atoms with Crippen molar-refractivity contribution in [2.75, 3.05) is 0 Å². The van der Waals surface area contributed by atoms with Gasteiger partial charge in [0.1, 0.15) is 8.80 Å². The third-order valence-corrected chi connectivity index (χ3v) is 12.4. The standard InChI is InChI=1S/C42H30N2Si/c1-4-12-33(13-5-1)43-25-24-30-26-31-27-39-38-18-10-11-19-40(38)44(42(39)29-32(31)28-41(30)43)34-20-22-37(23-21-34)45(35-14-6-2-7-15-35)36-16-8-3-9-17-36/h1-29,45H. The average Bonchev–Trinajstić information content (AvgIpc) is 3.66. The number of fused-ring (bicyclic) bond motifs is 5. The SMILES string of the molecule is c1ccc(-n2ccc3cc4cc5c6ccccc6n(-c6ccc([SiH](c7ccccc7)c7ccccc7)cc6)c5cc4cc32)cc1. The molecule has 0 amide bonds. The van der Waals surface area contributed by atoms with Crippen LogP contribution in [0.4, 0.5) is 0 Å². The van der Waals surface area contributed by atoms with Gasteiger partial charge in [0.2, 0.25) is 0 Å². The highest BCUT2D eigenvalue weighted by Crippen LogP contribution is 2.36. The number of rotatable bonds is 5. The Kier molecular flexibility index (Phi) is 6.03. The first kappa shape index (κ1) is 25.8. The van der Waals surface area contributed by atoms with Crippen LogP contribution in [0.25, 0.3) is 54.9 Å². The van der Waals surface area contributed by atoms with Crippen LogP contribution in [0, 0.1) is 0 Å². The quantitative estimate of drug-likeness (QED) is 0.142. The molecule has 0 saturated heterocycles. The van der Waals surface area contributed by atoms with Crippen molar-refractivity contribution in [3.05, 3.63) is 176 Å². The van der Waals surface area contributed by atoms with Crippen LogP contribution in [0.15, 0.2) is 176 Å². The first-order valence-corrected chi connectivity index (χ1v) is 17.3. The summed E-state index contributed by atoms with van der Waals surface area (Å²) in [6.45, 7) is 0. The van der Waals surface area contributed by atoms with E-state index in [0.29, 0.717) is 0 Å². The van der Waals surface area contributed by atoms with Crippen LogP contribution in [0.1, 0.15) is 0 Å². The van der Waals surface area contributed by atoms with Gasteiger partial charge in [-0.15, -0.1) is 0 Å². The highest BCUT2D eigenvalue weighted by atomic mass is 28.3. The van der Waals surface area contributed by atoms with Gasteiger partial charge in [-0.1, -0.05) is 125 Å². The normalized spacial score (nSPS) is 11.8. The second kappa shape index (κ2) is 10.5. The maximum atomic E-state index is 2.44. The molecule has 3 heteroatoms. The van der Waals surface area contributed by atoms with E-state index in [0.717, 1.165) is 0 Å². The molecule has 0 aliphatic heterocycles. The van der Waals surface area contributed by atoms with Crippen molar-refractivity contribution in [1.82, 2.24) is 9.13 Å². The van der Waals surface area contributed by atoms with Crippen molar-refractivity contribution in [2.24, 2.45) is 0 Å². The number of hydrogen-bond donors (Lipinski definition) is 0. The molecule has 0 aliphatic rings. The summed E-state index contributed by atoms with van der Waals surface area (Å²) in [6.07, 6.45) is 2.18. The van der Waals surface area contributed by atoms with Gasteiger partial charge in [0.05, 0.1) is 16.6 Å². The molecule has 0 N–H and O–H groups in total. The van der Waals surface area contributed by atoms with Gasteiger partial charge in [-0.2, -0.15) is 0 Å². The van der Waals surface area contributed by atoms with Crippen molar-refractivity contribution in [3.8, 4) is 11.4 Å². The molecule has 2 heterocycles. The summed E-state index contributed by atoms with van der Waals surface area (Å²) in [7, 11) is -1.60. The zero-order valence-electron chi connectivity index (χ0n) is 24.7. The molecule has 9 aromatic rings. The molecule has 0 fully saturated rings. The van der Waals surface area contributed by atoms with E-state index in [-0.39, 0.29) is 0 Å². The highest BCUT2D eigenvalue weighted by molar-refractivity contribution is 6.95. The van der Waals surface area contributed by atoms with Crippen molar-refractivity contribution in [2.45, 2.75) is 0 Å². The van der Waals surface area contributed by atoms with Crippen LogP contribution in [0.3, 0.4) is 0 Å². The second-order valence-electron chi connectivity index (χ2n) is 11.8. The summed E-state index contributed by atoms with van der Waals surface area (Å²) in [5.74, 6) is 0. The summed E-state index contributed by atoms with van der Waals surface area (Å²) in [6, 6.07) is 62.5. The zero-order chi connectivity index (χ0) is 29.7. The lowest BCUT2D eigenvalue weighted by Crippen LogP contribution is -2.51. The van der Waals surface area contributed by atoms with Crippen LogP contribution in [0.5, 0.6) is 0 Å². The number of nitrogens with zero attached hydrogens (tertiary/aromatic N) is 2. The Bertz CT molecular complexity index is 2420. The first-order valence-electron chi connectivity index (χ1n) is 15.6. The molecule has 2 nitrogen and oxygen atoms in total. The van der Waals surface area contributed by atoms with Crippen molar-refractivity contribution >= 4 is 67.8 Å². The van der Waals surface area contributed by atoms with Crippen molar-refractivity contribution in [3.63, 3.8) is 0 Å². The Labute approximate surface area is 263 Å². The molecular weight excluding hydrogens is 561 g/mol. The maximum Gasteiger partial charge on any atom is 0.132 e. The van der Waals surface area contributed by atoms with Gasteiger partial charge in [0.25, 0.3) is 0 Å². The Hall–Kier alpha value is -5.64. The molecular formula is C42H30N2Si. The topological polar surface area (TPSA) is 9.86 Å². The van der Waals surface area contributed by atoms with Crippen LogP contribution in [-0.4, -0.2) is 17.9 Å². The molecule has 2 aromatic heterocycles. The predicted octanol–water partition coefficient (Wildman–Crippen LogP) is 8.13. The average molecular weight is 591 g/mol. The molecule has 0 aliphatic carbocycles. The number of aromatic nitrogens is 2. The largest absolute Gasteiger partial charge is 0.317 e. The smallest absolute Gasteiger partial charge is 0.132 e. The van der Waals surface area contributed by atoms with Crippen LogP contribution >= 0.6 is 0 Å². The lowest BCUT2D eigenvalue weighted by molar-refractivity contribution is 1.13. The van der Waals surface area contributed by atoms with E-state index >= 15 is 0 Å². The van der Waals surface area contributed by atoms with Crippen LogP contribution < -0.4 is 15.6 Å². The fourth-order valence-electron chi connectivity index (χ4n) is 7.12. The number of para-hydroxylation sites is 2. The number of hydrogen-bond acceptors (Lipinski definition) is 0. The summed E-state index contributed by atoms with van der Waals surface area (Å²) in [5, 5.41) is 10.6. The minimum Gasteiger partial charge on any atom is -0.317 e. The van der Waals surface area contributed by atoms with Crippen molar-refractivity contribution in [1.29, 1.82) is 0 Å². The molecule has 9 rings (SSSR count). The molecule has 0 unspecified atom stereocenters. The highest BCUT2D eigenvalue weighted by Gasteiger charge is 2.20. The van der Waals surface area contributed by atoms with E-state index in [2.05, 4.69) is 185 Å². The molecule has 212 valence electrons. The van der Waals surface area contributed by atoms with E-state index in [1.54, 1.807) is 0 Å². The van der Waals surface area contributed by atoms with Gasteiger partial charge in [0, 0.05) is 33.7 Å². The fourth-order valence-corrected chi connectivity index (χ4v) is 10.1. The van der Waals surface area contributed by atoms with E-state index in [1.807, 2.05) is 0 Å². The number of benzene rings is 7. The molecule has 7 aromatic carbocycles. The van der Waals surface area contributed by atoms with Gasteiger partial charge < -0.3 is 9.13 Å². The minimum absolute atomic E-state index is 1.18. The Morgan fingerprint density at radius 1 is 0.356 bits per heavy atom. The maximum absolute atomic E-state index is 2.44. The summed E-state index contributed by atoms with van der Waals surface area (Å²) < 4.78 is 4.73. The third kappa shape index (κ3) is 4.32. The predicted molar refractivity (Wildman–Crippen MR) is 194 cm³/mol. The first-order chi connectivity index (χ1) is 22.3. The van der Waals surface area contributed by atoms with Gasteiger partial charge in [0.15, 0.2) is 0 Å². The monoisotopic (exact) mass is 590 g/mol. The van der Waals surface area contributed by atoms with Crippen LogP contribution in [-0.2, 0) is 0 Å². The summed E-state index contributed by atoms with van der Waals surface area (Å²) >= 11 is 0. The van der Waals surface area contributed by atoms with E-state index < -0.39 is 8.80 Å². The molecule has 45 heavy (non-hydrogen) atoms. The van der Waals surface area contributed by atoms with Crippen molar-refractivity contribution < 1.29 is 0 Å². The van der Waals surface area contributed by atoms with E-state index in [4.69, 9.17) is 0 Å². The second-order valence-corrected chi connectivity index (χ2v) is 14.7. The Morgan fingerprint density at radius 2 is 0.933 bits per heavy atom. The summed E-state index contributed by atoms with van der Waals surface area (Å²) in [4.78, 5) is 0. The van der Waals surface area contributed by atoms with E-state index in [9.17, 15) is 0 Å². The Morgan fingerprint density at radius 3 is 1.64 bits per heavy atom. The molecule has 0 bridgehead atoms. The third-order valence-electron chi connectivity index (χ3n) is 9.22. The molecule has 0 atom stereocenters. The van der Waals surface area contributed by atoms with Gasteiger partial charge in [-0.3, -0.25) is 0 Å². The molecule has 0 radical (unpaired) electrons. The van der Waals surface area contributed by atoms with Gasteiger partial charge in [-0.05, 0) is 71.4 Å². The molecule has 0 spiro atoms. The lowest BCUT2D eigenvalue weighted by Gasteiger charge is -2.18. The van der Waals surface area contributed by atoms with Crippen LogP contribution in [0.2, 0.25) is 0 Å². The fraction of sp³-hybridized carbons (Fsp3) is 0. The zero-order valence-corrected chi connectivity index (χ0v) is 25.9.